The van der Waals surface area contributed by atoms with Crippen molar-refractivity contribution in [1.29, 1.82) is 0 Å². The number of nitrogens with zero attached hydrogens (tertiary/aromatic N) is 2. The van der Waals surface area contributed by atoms with E-state index in [1.165, 1.54) is 5.56 Å². The predicted octanol–water partition coefficient (Wildman–Crippen LogP) is 3.94. The molecule has 0 aliphatic heterocycles. The molecular weight excluding hydrogens is 308 g/mol. The molecule has 0 aliphatic carbocycles. The minimum absolute atomic E-state index is 0.137. The van der Waals surface area contributed by atoms with Crippen molar-refractivity contribution >= 4 is 11.8 Å². The number of aromatic nitrogens is 2. The van der Waals surface area contributed by atoms with Crippen LogP contribution in [0.15, 0.2) is 16.5 Å². The average Bonchev–Trinajstić information content (AvgIpc) is 2.99. The summed E-state index contributed by atoms with van der Waals surface area (Å²) in [6.07, 6.45) is 0. The van der Waals surface area contributed by atoms with Gasteiger partial charge in [0.05, 0.1) is 18.0 Å². The number of hydrogen-bond donors (Lipinski definition) is 1. The summed E-state index contributed by atoms with van der Waals surface area (Å²) in [5.41, 5.74) is 3.32. The van der Waals surface area contributed by atoms with E-state index in [9.17, 15) is 8.78 Å². The molecule has 0 saturated carbocycles. The predicted molar refractivity (Wildman–Crippen MR) is 83.9 cm³/mol. The Morgan fingerprint density at radius 2 is 2.00 bits per heavy atom. The molecule has 2 aromatic rings. The van der Waals surface area contributed by atoms with Crippen LogP contribution in [0, 0.1) is 13.8 Å². The Bertz CT molecular complexity index is 624. The van der Waals surface area contributed by atoms with Crippen LogP contribution in [0.5, 0.6) is 0 Å². The highest BCUT2D eigenvalue weighted by atomic mass is 32.2. The summed E-state index contributed by atoms with van der Waals surface area (Å²) in [5.74, 6) is -0.865. The molecule has 0 fully saturated rings. The maximum Gasteiger partial charge on any atom is 0.284 e. The second-order valence-electron chi connectivity index (χ2n) is 5.25. The molecule has 0 radical (unpaired) electrons. The van der Waals surface area contributed by atoms with Gasteiger partial charge in [-0.05, 0) is 32.9 Å². The van der Waals surface area contributed by atoms with Gasteiger partial charge in [0.2, 0.25) is 0 Å². The molecule has 2 heterocycles. The van der Waals surface area contributed by atoms with Crippen LogP contribution in [0.3, 0.4) is 0 Å². The minimum Gasteiger partial charge on any atom is -0.464 e. The Kier molecular flexibility index (Phi) is 5.63. The Morgan fingerprint density at radius 1 is 1.32 bits per heavy atom. The van der Waals surface area contributed by atoms with Crippen molar-refractivity contribution < 1.29 is 13.2 Å². The van der Waals surface area contributed by atoms with Crippen molar-refractivity contribution in [2.24, 2.45) is 7.05 Å². The van der Waals surface area contributed by atoms with Gasteiger partial charge in [-0.15, -0.1) is 0 Å². The average molecular weight is 329 g/mol. The lowest BCUT2D eigenvalue weighted by atomic mass is 10.1. The number of hydrogen-bond acceptors (Lipinski definition) is 4. The molecule has 4 nitrogen and oxygen atoms in total. The summed E-state index contributed by atoms with van der Waals surface area (Å²) >= 11 is 0.567. The zero-order valence-electron chi connectivity index (χ0n) is 13.2. The summed E-state index contributed by atoms with van der Waals surface area (Å²) in [5, 5.41) is 7.80. The fourth-order valence-electron chi connectivity index (χ4n) is 2.51. The van der Waals surface area contributed by atoms with Gasteiger partial charge in [0.15, 0.2) is 0 Å². The molecule has 122 valence electrons. The summed E-state index contributed by atoms with van der Waals surface area (Å²) in [6.45, 7) is 6.66. The van der Waals surface area contributed by atoms with Crippen molar-refractivity contribution in [3.8, 4) is 0 Å². The SMILES string of the molecule is Cc1nn(C)c(C)c1[C@@H](C)NCc1ccc(CSC(F)F)o1. The van der Waals surface area contributed by atoms with Gasteiger partial charge in [-0.2, -0.15) is 13.9 Å². The van der Waals surface area contributed by atoms with E-state index in [2.05, 4.69) is 17.3 Å². The second kappa shape index (κ2) is 7.28. The summed E-state index contributed by atoms with van der Waals surface area (Å²) in [4.78, 5) is 0. The molecular formula is C15H21F2N3OS. The van der Waals surface area contributed by atoms with E-state index >= 15 is 0 Å². The van der Waals surface area contributed by atoms with Gasteiger partial charge >= 0.3 is 0 Å². The number of aryl methyl sites for hydroxylation is 2. The van der Waals surface area contributed by atoms with E-state index in [1.54, 1.807) is 6.07 Å². The number of alkyl halides is 2. The van der Waals surface area contributed by atoms with Crippen LogP contribution < -0.4 is 5.32 Å². The maximum absolute atomic E-state index is 12.1. The molecule has 0 amide bonds. The third-order valence-electron chi connectivity index (χ3n) is 3.65. The molecule has 0 bridgehead atoms. The largest absolute Gasteiger partial charge is 0.464 e. The van der Waals surface area contributed by atoms with E-state index in [1.807, 2.05) is 31.6 Å². The number of thioether (sulfide) groups is 1. The van der Waals surface area contributed by atoms with Gasteiger partial charge in [-0.25, -0.2) is 0 Å². The first-order valence-corrected chi connectivity index (χ1v) is 8.14. The fraction of sp³-hybridized carbons (Fsp3) is 0.533. The second-order valence-corrected chi connectivity index (χ2v) is 6.23. The van der Waals surface area contributed by atoms with Crippen LogP contribution in [0.1, 0.15) is 41.4 Å². The van der Waals surface area contributed by atoms with Gasteiger partial charge in [0.25, 0.3) is 5.76 Å². The fourth-order valence-corrected chi connectivity index (χ4v) is 2.96. The molecule has 0 spiro atoms. The normalized spacial score (nSPS) is 13.0. The van der Waals surface area contributed by atoms with Gasteiger partial charge in [-0.1, -0.05) is 11.8 Å². The Labute approximate surface area is 133 Å². The van der Waals surface area contributed by atoms with Gasteiger partial charge in [-0.3, -0.25) is 4.68 Å². The first kappa shape index (κ1) is 17.0. The standard InChI is InChI=1S/C15H21F2N3OS/c1-9(14-10(2)19-20(4)11(14)3)18-7-12-5-6-13(21-12)8-22-15(16)17/h5-6,9,15,18H,7-8H2,1-4H3/t9-/m1/s1. The van der Waals surface area contributed by atoms with E-state index in [4.69, 9.17) is 4.42 Å². The Balaban J connectivity index is 1.92. The molecule has 1 N–H and O–H groups in total. The first-order valence-electron chi connectivity index (χ1n) is 7.09. The zero-order chi connectivity index (χ0) is 16.3. The smallest absolute Gasteiger partial charge is 0.284 e. The van der Waals surface area contributed by atoms with Crippen molar-refractivity contribution in [2.75, 3.05) is 0 Å². The van der Waals surface area contributed by atoms with Crippen LogP contribution in [-0.4, -0.2) is 15.5 Å². The lowest BCUT2D eigenvalue weighted by molar-refractivity contribution is 0.251. The molecule has 22 heavy (non-hydrogen) atoms. The van der Waals surface area contributed by atoms with Crippen molar-refractivity contribution in [3.05, 3.63) is 40.6 Å². The van der Waals surface area contributed by atoms with E-state index in [0.29, 0.717) is 24.1 Å². The molecule has 0 aliphatic rings. The highest BCUT2D eigenvalue weighted by Crippen LogP contribution is 2.23. The van der Waals surface area contributed by atoms with E-state index in [0.717, 1.165) is 17.1 Å². The van der Waals surface area contributed by atoms with Gasteiger partial charge < -0.3 is 9.73 Å². The number of rotatable bonds is 7. The van der Waals surface area contributed by atoms with Crippen molar-refractivity contribution in [1.82, 2.24) is 15.1 Å². The molecule has 7 heteroatoms. The number of halogens is 2. The quantitative estimate of drug-likeness (QED) is 0.835. The highest BCUT2D eigenvalue weighted by molar-refractivity contribution is 7.98. The lowest BCUT2D eigenvalue weighted by Crippen LogP contribution is -2.19. The Morgan fingerprint density at radius 3 is 2.59 bits per heavy atom. The van der Waals surface area contributed by atoms with Crippen molar-refractivity contribution in [2.45, 2.75) is 44.9 Å². The summed E-state index contributed by atoms with van der Waals surface area (Å²) < 4.78 is 31.7. The van der Waals surface area contributed by atoms with Crippen LogP contribution >= 0.6 is 11.8 Å². The van der Waals surface area contributed by atoms with Gasteiger partial charge in [0.1, 0.15) is 11.5 Å². The van der Waals surface area contributed by atoms with Crippen LogP contribution in [0.4, 0.5) is 8.78 Å². The molecule has 0 saturated heterocycles. The monoisotopic (exact) mass is 329 g/mol. The first-order chi connectivity index (χ1) is 10.4. The number of furan rings is 1. The summed E-state index contributed by atoms with van der Waals surface area (Å²) in [7, 11) is 1.93. The molecule has 2 aromatic heterocycles. The lowest BCUT2D eigenvalue weighted by Gasteiger charge is -2.13. The summed E-state index contributed by atoms with van der Waals surface area (Å²) in [6, 6.07) is 3.71. The number of nitrogens with one attached hydrogen (secondary N) is 1. The minimum atomic E-state index is -2.37. The zero-order valence-corrected chi connectivity index (χ0v) is 14.0. The van der Waals surface area contributed by atoms with Crippen LogP contribution in [-0.2, 0) is 19.3 Å². The highest BCUT2D eigenvalue weighted by Gasteiger charge is 2.16. The maximum atomic E-state index is 12.1. The van der Waals surface area contributed by atoms with E-state index in [-0.39, 0.29) is 11.8 Å². The molecule has 0 aromatic carbocycles. The molecule has 1 atom stereocenters. The third-order valence-corrected chi connectivity index (χ3v) is 4.35. The topological polar surface area (TPSA) is 43.0 Å². The van der Waals surface area contributed by atoms with Crippen LogP contribution in [0.2, 0.25) is 0 Å². The third kappa shape index (κ3) is 4.10. The van der Waals surface area contributed by atoms with Crippen molar-refractivity contribution in [3.63, 3.8) is 0 Å². The van der Waals surface area contributed by atoms with Gasteiger partial charge in [0, 0.05) is 24.3 Å². The molecule has 2 rings (SSSR count). The van der Waals surface area contributed by atoms with E-state index < -0.39 is 5.76 Å². The van der Waals surface area contributed by atoms with Crippen LogP contribution in [0.25, 0.3) is 0 Å². The molecule has 0 unspecified atom stereocenters. The Hall–Kier alpha value is -1.34.